The van der Waals surface area contributed by atoms with Crippen LogP contribution >= 0.6 is 11.6 Å². The number of nitrogens with zero attached hydrogens (tertiary/aromatic N) is 4. The highest BCUT2D eigenvalue weighted by molar-refractivity contribution is 6.28. The van der Waals surface area contributed by atoms with E-state index in [1.807, 2.05) is 18.9 Å². The minimum atomic E-state index is 0.180. The first-order valence-corrected chi connectivity index (χ1v) is 6.32. The Balaban J connectivity index is 2.06. The van der Waals surface area contributed by atoms with Gasteiger partial charge in [-0.3, -0.25) is 0 Å². The van der Waals surface area contributed by atoms with Gasteiger partial charge in [0.25, 0.3) is 0 Å². The lowest BCUT2D eigenvalue weighted by Gasteiger charge is -2.30. The summed E-state index contributed by atoms with van der Waals surface area (Å²) in [6.45, 7) is 3.37. The van der Waals surface area contributed by atoms with E-state index in [0.29, 0.717) is 18.6 Å². The van der Waals surface area contributed by atoms with Crippen LogP contribution in [0.15, 0.2) is 0 Å². The molecular weight excluding hydrogens is 240 g/mol. The van der Waals surface area contributed by atoms with Gasteiger partial charge in [-0.05, 0) is 37.3 Å². The molecule has 0 saturated heterocycles. The number of rotatable bonds is 5. The molecule has 0 aromatic carbocycles. The molecule has 0 radical (unpaired) electrons. The first-order valence-electron chi connectivity index (χ1n) is 5.94. The molecule has 1 fully saturated rings. The van der Waals surface area contributed by atoms with E-state index < -0.39 is 0 Å². The summed E-state index contributed by atoms with van der Waals surface area (Å²) in [4.78, 5) is 14.3. The van der Waals surface area contributed by atoms with E-state index in [4.69, 9.17) is 16.3 Å². The molecular formula is C11H17ClN4O. The summed E-state index contributed by atoms with van der Waals surface area (Å²) in [6.07, 6.45) is 3.92. The molecule has 0 aliphatic heterocycles. The average Bonchev–Trinajstić information content (AvgIpc) is 2.23. The van der Waals surface area contributed by atoms with Crippen LogP contribution in [0.5, 0.6) is 6.01 Å². The molecule has 1 aromatic heterocycles. The molecule has 0 unspecified atom stereocenters. The fourth-order valence-electron chi connectivity index (χ4n) is 1.83. The van der Waals surface area contributed by atoms with Crippen molar-refractivity contribution in [2.24, 2.45) is 5.92 Å². The Kier molecular flexibility index (Phi) is 3.99. The van der Waals surface area contributed by atoms with Crippen molar-refractivity contribution in [3.05, 3.63) is 5.28 Å². The predicted octanol–water partition coefficient (Wildman–Crippen LogP) is 2.16. The average molecular weight is 257 g/mol. The molecule has 5 nitrogen and oxygen atoms in total. The van der Waals surface area contributed by atoms with Gasteiger partial charge < -0.3 is 9.64 Å². The minimum absolute atomic E-state index is 0.180. The molecule has 0 bridgehead atoms. The summed E-state index contributed by atoms with van der Waals surface area (Å²) >= 11 is 5.85. The first kappa shape index (κ1) is 12.4. The van der Waals surface area contributed by atoms with Crippen molar-refractivity contribution in [2.75, 3.05) is 25.1 Å². The largest absolute Gasteiger partial charge is 0.464 e. The lowest BCUT2D eigenvalue weighted by molar-refractivity contribution is 0.308. The van der Waals surface area contributed by atoms with Crippen molar-refractivity contribution < 1.29 is 4.74 Å². The van der Waals surface area contributed by atoms with Crippen molar-refractivity contribution in [3.63, 3.8) is 0 Å². The Hall–Kier alpha value is -1.10. The first-order chi connectivity index (χ1) is 8.19. The Bertz CT molecular complexity index is 384. The molecule has 1 saturated carbocycles. The maximum Gasteiger partial charge on any atom is 0.322 e. The molecule has 0 amide bonds. The zero-order valence-electron chi connectivity index (χ0n) is 10.2. The number of anilines is 1. The maximum absolute atomic E-state index is 5.85. The number of hydrogen-bond acceptors (Lipinski definition) is 5. The maximum atomic E-state index is 5.85. The molecule has 1 aliphatic rings. The van der Waals surface area contributed by atoms with Gasteiger partial charge in [-0.15, -0.1) is 0 Å². The Morgan fingerprint density at radius 2 is 2.12 bits per heavy atom. The van der Waals surface area contributed by atoms with Crippen molar-refractivity contribution >= 4 is 17.5 Å². The van der Waals surface area contributed by atoms with Crippen LogP contribution in [-0.2, 0) is 0 Å². The molecule has 1 aliphatic carbocycles. The van der Waals surface area contributed by atoms with Crippen molar-refractivity contribution in [1.29, 1.82) is 0 Å². The summed E-state index contributed by atoms with van der Waals surface area (Å²) in [6, 6.07) is 0.294. The van der Waals surface area contributed by atoms with E-state index in [1.165, 1.54) is 19.3 Å². The van der Waals surface area contributed by atoms with Gasteiger partial charge in [0.2, 0.25) is 11.2 Å². The number of ether oxygens (including phenoxy) is 1. The lowest BCUT2D eigenvalue weighted by Crippen LogP contribution is -2.30. The SMILES string of the molecule is CCOc1nc(Cl)nc(N(C)CC2CCC2)n1. The Morgan fingerprint density at radius 1 is 1.35 bits per heavy atom. The molecule has 94 valence electrons. The molecule has 2 rings (SSSR count). The van der Waals surface area contributed by atoms with E-state index in [9.17, 15) is 0 Å². The summed E-state index contributed by atoms with van der Waals surface area (Å²) in [5, 5.41) is 0.180. The van der Waals surface area contributed by atoms with Crippen LogP contribution in [0.4, 0.5) is 5.95 Å². The smallest absolute Gasteiger partial charge is 0.322 e. The van der Waals surface area contributed by atoms with Crippen molar-refractivity contribution in [2.45, 2.75) is 26.2 Å². The third-order valence-electron chi connectivity index (χ3n) is 2.95. The molecule has 0 atom stereocenters. The summed E-state index contributed by atoms with van der Waals surface area (Å²) in [5.41, 5.74) is 0. The van der Waals surface area contributed by atoms with Gasteiger partial charge in [-0.25, -0.2) is 0 Å². The second-order valence-corrected chi connectivity index (χ2v) is 4.64. The van der Waals surface area contributed by atoms with Gasteiger partial charge in [0.1, 0.15) is 0 Å². The fourth-order valence-corrected chi connectivity index (χ4v) is 1.98. The summed E-state index contributed by atoms with van der Waals surface area (Å²) in [5.74, 6) is 1.34. The van der Waals surface area contributed by atoms with Crippen molar-refractivity contribution in [1.82, 2.24) is 15.0 Å². The number of hydrogen-bond donors (Lipinski definition) is 0. The lowest BCUT2D eigenvalue weighted by atomic mass is 9.85. The monoisotopic (exact) mass is 256 g/mol. The van der Waals surface area contributed by atoms with E-state index >= 15 is 0 Å². The number of halogens is 1. The topological polar surface area (TPSA) is 51.1 Å². The van der Waals surface area contributed by atoms with Crippen LogP contribution < -0.4 is 9.64 Å². The van der Waals surface area contributed by atoms with E-state index in [2.05, 4.69) is 15.0 Å². The Morgan fingerprint density at radius 3 is 2.71 bits per heavy atom. The third kappa shape index (κ3) is 3.19. The van der Waals surface area contributed by atoms with E-state index in [1.54, 1.807) is 0 Å². The standard InChI is InChI=1S/C11H17ClN4O/c1-3-17-11-14-9(12)13-10(15-11)16(2)7-8-5-4-6-8/h8H,3-7H2,1-2H3. The molecule has 6 heteroatoms. The summed E-state index contributed by atoms with van der Waals surface area (Å²) < 4.78 is 5.25. The van der Waals surface area contributed by atoms with Crippen LogP contribution in [-0.4, -0.2) is 35.2 Å². The van der Waals surface area contributed by atoms with Crippen LogP contribution in [0, 0.1) is 5.92 Å². The van der Waals surface area contributed by atoms with Crippen LogP contribution in [0.2, 0.25) is 5.28 Å². The van der Waals surface area contributed by atoms with Gasteiger partial charge in [-0.2, -0.15) is 15.0 Å². The zero-order valence-corrected chi connectivity index (χ0v) is 10.9. The second-order valence-electron chi connectivity index (χ2n) is 4.30. The van der Waals surface area contributed by atoms with Crippen LogP contribution in [0.3, 0.4) is 0 Å². The highest BCUT2D eigenvalue weighted by atomic mass is 35.5. The number of aromatic nitrogens is 3. The van der Waals surface area contributed by atoms with Gasteiger partial charge in [0.15, 0.2) is 0 Å². The normalized spacial score (nSPS) is 15.5. The third-order valence-corrected chi connectivity index (χ3v) is 3.12. The Labute approximate surface area is 106 Å². The fraction of sp³-hybridized carbons (Fsp3) is 0.727. The van der Waals surface area contributed by atoms with E-state index in [-0.39, 0.29) is 5.28 Å². The van der Waals surface area contributed by atoms with Crippen molar-refractivity contribution in [3.8, 4) is 6.01 Å². The molecule has 0 spiro atoms. The molecule has 1 aromatic rings. The van der Waals surface area contributed by atoms with Gasteiger partial charge in [0.05, 0.1) is 6.61 Å². The molecule has 17 heavy (non-hydrogen) atoms. The van der Waals surface area contributed by atoms with E-state index in [0.717, 1.165) is 12.5 Å². The van der Waals surface area contributed by atoms with Crippen LogP contribution in [0.1, 0.15) is 26.2 Å². The highest BCUT2D eigenvalue weighted by Crippen LogP contribution is 2.27. The van der Waals surface area contributed by atoms with Crippen LogP contribution in [0.25, 0.3) is 0 Å². The highest BCUT2D eigenvalue weighted by Gasteiger charge is 2.20. The minimum Gasteiger partial charge on any atom is -0.464 e. The second kappa shape index (κ2) is 5.49. The molecule has 1 heterocycles. The zero-order chi connectivity index (χ0) is 12.3. The van der Waals surface area contributed by atoms with Gasteiger partial charge >= 0.3 is 6.01 Å². The molecule has 0 N–H and O–H groups in total. The quantitative estimate of drug-likeness (QED) is 0.808. The summed E-state index contributed by atoms with van der Waals surface area (Å²) in [7, 11) is 1.97. The van der Waals surface area contributed by atoms with Gasteiger partial charge in [0, 0.05) is 13.6 Å². The predicted molar refractivity (Wildman–Crippen MR) is 66.6 cm³/mol. The van der Waals surface area contributed by atoms with Gasteiger partial charge in [-0.1, -0.05) is 6.42 Å².